The highest BCUT2D eigenvalue weighted by Crippen LogP contribution is 2.09. The van der Waals surface area contributed by atoms with E-state index in [1.807, 2.05) is 29.8 Å². The van der Waals surface area contributed by atoms with Gasteiger partial charge >= 0.3 is 0 Å². The Kier molecular flexibility index (Phi) is 4.92. The van der Waals surface area contributed by atoms with Gasteiger partial charge in [0.15, 0.2) is 0 Å². The topological polar surface area (TPSA) is 63.1 Å². The Hall–Kier alpha value is -2.37. The number of amides is 1. The molecule has 0 spiro atoms. The molecule has 0 radical (unpaired) electrons. The highest BCUT2D eigenvalue weighted by molar-refractivity contribution is 5.94. The zero-order chi connectivity index (χ0) is 15.2. The molecule has 0 saturated heterocycles. The van der Waals surface area contributed by atoms with E-state index in [2.05, 4.69) is 22.2 Å². The Bertz CT molecular complexity index is 580. The molecule has 0 unspecified atom stereocenters. The molecule has 0 bridgehead atoms. The van der Waals surface area contributed by atoms with Crippen molar-refractivity contribution in [3.05, 3.63) is 42.6 Å². The number of imidazole rings is 1. The van der Waals surface area contributed by atoms with Crippen molar-refractivity contribution >= 4 is 11.7 Å². The second kappa shape index (κ2) is 6.88. The van der Waals surface area contributed by atoms with Crippen molar-refractivity contribution < 1.29 is 4.79 Å². The Morgan fingerprint density at radius 1 is 1.43 bits per heavy atom. The van der Waals surface area contributed by atoms with E-state index < -0.39 is 0 Å². The number of carbonyl (C=O) groups is 1. The smallest absolute Gasteiger partial charge is 0.251 e. The fourth-order valence-electron chi connectivity index (χ4n) is 1.99. The van der Waals surface area contributed by atoms with Gasteiger partial charge in [0.1, 0.15) is 5.82 Å². The molecule has 1 N–H and O–H groups in total. The number of aromatic nitrogens is 3. The van der Waals surface area contributed by atoms with E-state index in [1.54, 1.807) is 30.9 Å². The average Bonchev–Trinajstić information content (AvgIpc) is 2.97. The van der Waals surface area contributed by atoms with Crippen LogP contribution in [0.15, 0.2) is 37.1 Å². The maximum atomic E-state index is 12.1. The third-order valence-electron chi connectivity index (χ3n) is 3.16. The highest BCUT2D eigenvalue weighted by atomic mass is 16.1. The van der Waals surface area contributed by atoms with Crippen LogP contribution in [0.3, 0.4) is 0 Å². The van der Waals surface area contributed by atoms with Crippen LogP contribution >= 0.6 is 0 Å². The van der Waals surface area contributed by atoms with Crippen LogP contribution in [0.2, 0.25) is 0 Å². The summed E-state index contributed by atoms with van der Waals surface area (Å²) in [5.41, 5.74) is 0.628. The first-order valence-corrected chi connectivity index (χ1v) is 6.93. The van der Waals surface area contributed by atoms with Gasteiger partial charge in [-0.3, -0.25) is 4.79 Å². The number of anilines is 1. The molecule has 2 aromatic heterocycles. The SMILES string of the molecule is C[C@H](CNC(=O)c1ccnc(N(C)C)c1)Cn1ccnc1. The molecule has 0 saturated carbocycles. The van der Waals surface area contributed by atoms with Crippen molar-refractivity contribution in [2.45, 2.75) is 13.5 Å². The van der Waals surface area contributed by atoms with Crippen molar-refractivity contribution in [1.29, 1.82) is 0 Å². The van der Waals surface area contributed by atoms with Gasteiger partial charge in [-0.15, -0.1) is 0 Å². The van der Waals surface area contributed by atoms with E-state index in [1.165, 1.54) is 0 Å². The largest absolute Gasteiger partial charge is 0.363 e. The van der Waals surface area contributed by atoms with Crippen LogP contribution in [-0.2, 0) is 6.54 Å². The van der Waals surface area contributed by atoms with Gasteiger partial charge in [-0.05, 0) is 18.1 Å². The van der Waals surface area contributed by atoms with Gasteiger partial charge < -0.3 is 14.8 Å². The number of hydrogen-bond donors (Lipinski definition) is 1. The molecule has 6 nitrogen and oxygen atoms in total. The molecule has 6 heteroatoms. The second-order valence-electron chi connectivity index (χ2n) is 5.37. The van der Waals surface area contributed by atoms with E-state index in [0.717, 1.165) is 12.4 Å². The minimum atomic E-state index is -0.0713. The lowest BCUT2D eigenvalue weighted by atomic mass is 10.1. The first-order valence-electron chi connectivity index (χ1n) is 6.93. The van der Waals surface area contributed by atoms with Crippen LogP contribution in [0.4, 0.5) is 5.82 Å². The van der Waals surface area contributed by atoms with E-state index in [-0.39, 0.29) is 5.91 Å². The molecule has 0 aliphatic heterocycles. The summed E-state index contributed by atoms with van der Waals surface area (Å²) in [6.07, 6.45) is 7.11. The van der Waals surface area contributed by atoms with Crippen LogP contribution in [0.5, 0.6) is 0 Å². The summed E-state index contributed by atoms with van der Waals surface area (Å²) >= 11 is 0. The number of carbonyl (C=O) groups excluding carboxylic acids is 1. The summed E-state index contributed by atoms with van der Waals surface area (Å²) in [6.45, 7) is 3.55. The molecule has 1 atom stereocenters. The van der Waals surface area contributed by atoms with Crippen LogP contribution in [0.1, 0.15) is 17.3 Å². The monoisotopic (exact) mass is 287 g/mol. The van der Waals surface area contributed by atoms with Gasteiger partial charge in [-0.1, -0.05) is 6.92 Å². The number of pyridine rings is 1. The van der Waals surface area contributed by atoms with E-state index in [0.29, 0.717) is 18.0 Å². The molecule has 1 amide bonds. The molecule has 21 heavy (non-hydrogen) atoms. The summed E-state index contributed by atoms with van der Waals surface area (Å²) in [6, 6.07) is 3.51. The lowest BCUT2D eigenvalue weighted by Gasteiger charge is -2.14. The maximum Gasteiger partial charge on any atom is 0.251 e. The molecular formula is C15H21N5O. The molecule has 0 fully saturated rings. The summed E-state index contributed by atoms with van der Waals surface area (Å²) in [7, 11) is 3.80. The fourth-order valence-corrected chi connectivity index (χ4v) is 1.99. The number of hydrogen-bond acceptors (Lipinski definition) is 4. The maximum absolute atomic E-state index is 12.1. The minimum absolute atomic E-state index is 0.0713. The number of rotatable bonds is 6. The van der Waals surface area contributed by atoms with E-state index in [4.69, 9.17) is 0 Å². The van der Waals surface area contributed by atoms with E-state index in [9.17, 15) is 4.79 Å². The number of nitrogens with zero attached hydrogens (tertiary/aromatic N) is 4. The Morgan fingerprint density at radius 2 is 2.24 bits per heavy atom. The molecule has 0 aliphatic rings. The molecule has 0 aromatic carbocycles. The highest BCUT2D eigenvalue weighted by Gasteiger charge is 2.10. The summed E-state index contributed by atoms with van der Waals surface area (Å²) in [4.78, 5) is 22.2. The summed E-state index contributed by atoms with van der Waals surface area (Å²) in [5, 5.41) is 2.96. The van der Waals surface area contributed by atoms with Crippen LogP contribution < -0.4 is 10.2 Å². The zero-order valence-electron chi connectivity index (χ0n) is 12.7. The van der Waals surface area contributed by atoms with E-state index >= 15 is 0 Å². The van der Waals surface area contributed by atoms with Gasteiger partial charge in [0, 0.05) is 51.3 Å². The molecule has 2 aromatic rings. The van der Waals surface area contributed by atoms with Crippen LogP contribution in [0.25, 0.3) is 0 Å². The normalized spacial score (nSPS) is 12.0. The van der Waals surface area contributed by atoms with Gasteiger partial charge in [-0.2, -0.15) is 0 Å². The second-order valence-corrected chi connectivity index (χ2v) is 5.37. The van der Waals surface area contributed by atoms with Crippen molar-refractivity contribution in [2.24, 2.45) is 5.92 Å². The minimum Gasteiger partial charge on any atom is -0.363 e. The Balaban J connectivity index is 1.88. The standard InChI is InChI=1S/C15H21N5O/c1-12(10-20-7-6-16-11-20)9-18-15(21)13-4-5-17-14(8-13)19(2)3/h4-8,11-12H,9-10H2,1-3H3,(H,18,21)/t12-/m1/s1. The van der Waals surface area contributed by atoms with Crippen molar-refractivity contribution in [1.82, 2.24) is 19.9 Å². The van der Waals surface area contributed by atoms with Crippen molar-refractivity contribution in [3.63, 3.8) is 0 Å². The van der Waals surface area contributed by atoms with Crippen LogP contribution in [-0.4, -0.2) is 41.1 Å². The molecule has 0 aliphatic carbocycles. The summed E-state index contributed by atoms with van der Waals surface area (Å²) in [5.74, 6) is 1.03. The Labute approximate surface area is 124 Å². The van der Waals surface area contributed by atoms with Gasteiger partial charge in [0.25, 0.3) is 5.91 Å². The first-order chi connectivity index (χ1) is 10.1. The zero-order valence-corrected chi connectivity index (χ0v) is 12.7. The van der Waals surface area contributed by atoms with Gasteiger partial charge in [0.2, 0.25) is 0 Å². The molecular weight excluding hydrogens is 266 g/mol. The van der Waals surface area contributed by atoms with Crippen LogP contribution in [0, 0.1) is 5.92 Å². The first kappa shape index (κ1) is 15.0. The third kappa shape index (κ3) is 4.30. The Morgan fingerprint density at radius 3 is 2.90 bits per heavy atom. The van der Waals surface area contributed by atoms with Gasteiger partial charge in [-0.25, -0.2) is 9.97 Å². The fraction of sp³-hybridized carbons (Fsp3) is 0.400. The predicted molar refractivity (Wildman–Crippen MR) is 82.3 cm³/mol. The lowest BCUT2D eigenvalue weighted by molar-refractivity contribution is 0.0947. The average molecular weight is 287 g/mol. The molecule has 2 rings (SSSR count). The number of nitrogens with one attached hydrogen (secondary N) is 1. The van der Waals surface area contributed by atoms with Gasteiger partial charge in [0.05, 0.1) is 6.33 Å². The molecule has 2 heterocycles. The predicted octanol–water partition coefficient (Wildman–Crippen LogP) is 1.41. The molecule has 112 valence electrons. The lowest BCUT2D eigenvalue weighted by Crippen LogP contribution is -2.30. The quantitative estimate of drug-likeness (QED) is 0.872. The third-order valence-corrected chi connectivity index (χ3v) is 3.16. The van der Waals surface area contributed by atoms with Crippen molar-refractivity contribution in [2.75, 3.05) is 25.5 Å². The summed E-state index contributed by atoms with van der Waals surface area (Å²) < 4.78 is 2.01. The van der Waals surface area contributed by atoms with Crippen molar-refractivity contribution in [3.8, 4) is 0 Å².